The molecule has 0 aliphatic heterocycles. The van der Waals surface area contributed by atoms with Crippen molar-refractivity contribution in [2.45, 2.75) is 19.5 Å². The van der Waals surface area contributed by atoms with Gasteiger partial charge in [-0.3, -0.25) is 10.1 Å². The number of hydrogen-bond acceptors (Lipinski definition) is 3. The van der Waals surface area contributed by atoms with E-state index in [0.29, 0.717) is 6.54 Å². The monoisotopic (exact) mass is 205 g/mol. The Bertz CT molecular complexity index is 250. The Morgan fingerprint density at radius 2 is 2.54 bits per heavy atom. The van der Waals surface area contributed by atoms with Crippen LogP contribution in [0, 0.1) is 0 Å². The second-order valence-corrected chi connectivity index (χ2v) is 2.48. The van der Waals surface area contributed by atoms with E-state index in [1.54, 1.807) is 19.3 Å². The van der Waals surface area contributed by atoms with Crippen LogP contribution in [0.1, 0.15) is 12.7 Å². The molecule has 0 fully saturated rings. The van der Waals surface area contributed by atoms with E-state index >= 15 is 0 Å². The molecule has 13 heavy (non-hydrogen) atoms. The molecule has 0 aliphatic rings. The number of halogens is 1. The maximum absolute atomic E-state index is 10.4. The summed E-state index contributed by atoms with van der Waals surface area (Å²) in [6, 6.07) is -0.546. The summed E-state index contributed by atoms with van der Waals surface area (Å²) in [6.07, 6.45) is 3.32. The lowest BCUT2D eigenvalue weighted by Gasteiger charge is -2.06. The smallest absolute Gasteiger partial charge is 0.320 e. The van der Waals surface area contributed by atoms with Crippen molar-refractivity contribution in [3.8, 4) is 0 Å². The normalized spacial score (nSPS) is 11.8. The number of hydrogen-bond donors (Lipinski definition) is 3. The van der Waals surface area contributed by atoms with Gasteiger partial charge in [-0.15, -0.1) is 12.4 Å². The largest absolute Gasteiger partial charge is 0.480 e. The van der Waals surface area contributed by atoms with Crippen molar-refractivity contribution in [2.24, 2.45) is 0 Å². The topological polar surface area (TPSA) is 78.0 Å². The summed E-state index contributed by atoms with van der Waals surface area (Å²) in [7, 11) is 0. The minimum absolute atomic E-state index is 0. The maximum Gasteiger partial charge on any atom is 0.320 e. The van der Waals surface area contributed by atoms with Crippen LogP contribution >= 0.6 is 12.4 Å². The van der Waals surface area contributed by atoms with Crippen LogP contribution in [0.3, 0.4) is 0 Å². The number of aromatic amines is 1. The number of carbonyl (C=O) groups is 1. The van der Waals surface area contributed by atoms with Crippen molar-refractivity contribution < 1.29 is 9.90 Å². The van der Waals surface area contributed by atoms with E-state index in [4.69, 9.17) is 5.11 Å². The van der Waals surface area contributed by atoms with Crippen LogP contribution in [0.4, 0.5) is 0 Å². The number of nitrogens with one attached hydrogen (secondary N) is 2. The zero-order chi connectivity index (χ0) is 8.97. The highest BCUT2D eigenvalue weighted by atomic mass is 35.5. The van der Waals surface area contributed by atoms with Gasteiger partial charge in [0.15, 0.2) is 0 Å². The lowest BCUT2D eigenvalue weighted by molar-refractivity contribution is -0.139. The number of aromatic nitrogens is 2. The number of aliphatic carboxylic acids is 1. The summed E-state index contributed by atoms with van der Waals surface area (Å²) in [4.78, 5) is 17.2. The van der Waals surface area contributed by atoms with Gasteiger partial charge in [-0.05, 0) is 6.92 Å². The number of nitrogens with zero attached hydrogens (tertiary/aromatic N) is 1. The van der Waals surface area contributed by atoms with Crippen molar-refractivity contribution >= 4 is 18.4 Å². The lowest BCUT2D eigenvalue weighted by Crippen LogP contribution is -2.33. The molecule has 1 heterocycles. The highest BCUT2D eigenvalue weighted by molar-refractivity contribution is 5.85. The van der Waals surface area contributed by atoms with Crippen LogP contribution in [0.5, 0.6) is 0 Å². The number of rotatable bonds is 4. The molecule has 1 unspecified atom stereocenters. The third-order valence-electron chi connectivity index (χ3n) is 1.50. The zero-order valence-corrected chi connectivity index (χ0v) is 7.97. The number of imidazole rings is 1. The summed E-state index contributed by atoms with van der Waals surface area (Å²) >= 11 is 0. The summed E-state index contributed by atoms with van der Waals surface area (Å²) in [6.45, 7) is 2.03. The molecule has 3 N–H and O–H groups in total. The van der Waals surface area contributed by atoms with E-state index in [9.17, 15) is 4.79 Å². The average Bonchev–Trinajstić information content (AvgIpc) is 2.51. The van der Waals surface area contributed by atoms with Gasteiger partial charge in [0.1, 0.15) is 11.9 Å². The molecular formula is C7H12ClN3O2. The van der Waals surface area contributed by atoms with E-state index in [-0.39, 0.29) is 12.4 Å². The second-order valence-electron chi connectivity index (χ2n) is 2.48. The van der Waals surface area contributed by atoms with Gasteiger partial charge in [0.25, 0.3) is 0 Å². The van der Waals surface area contributed by atoms with Gasteiger partial charge in [-0.25, -0.2) is 4.98 Å². The van der Waals surface area contributed by atoms with Gasteiger partial charge < -0.3 is 10.1 Å². The minimum atomic E-state index is -0.860. The zero-order valence-electron chi connectivity index (χ0n) is 7.15. The first-order valence-corrected chi connectivity index (χ1v) is 3.64. The fraction of sp³-hybridized carbons (Fsp3) is 0.429. The number of H-pyrrole nitrogens is 1. The Labute approximate surface area is 82.0 Å². The Morgan fingerprint density at radius 1 is 1.85 bits per heavy atom. The number of carboxylic acid groups (broad SMARTS) is 1. The molecule has 5 nitrogen and oxygen atoms in total. The van der Waals surface area contributed by atoms with E-state index < -0.39 is 12.0 Å². The van der Waals surface area contributed by atoms with Crippen LogP contribution in [0.25, 0.3) is 0 Å². The third-order valence-corrected chi connectivity index (χ3v) is 1.50. The molecule has 0 saturated heterocycles. The van der Waals surface area contributed by atoms with E-state index in [1.165, 1.54) is 0 Å². The van der Waals surface area contributed by atoms with Crippen molar-refractivity contribution in [1.82, 2.24) is 15.3 Å². The van der Waals surface area contributed by atoms with Crippen LogP contribution < -0.4 is 5.32 Å². The fourth-order valence-electron chi connectivity index (χ4n) is 0.732. The highest BCUT2D eigenvalue weighted by Gasteiger charge is 2.09. The van der Waals surface area contributed by atoms with E-state index in [1.807, 2.05) is 0 Å². The lowest BCUT2D eigenvalue weighted by atomic mass is 10.3. The fourth-order valence-corrected chi connectivity index (χ4v) is 0.732. The minimum Gasteiger partial charge on any atom is -0.480 e. The van der Waals surface area contributed by atoms with Gasteiger partial charge in [0.05, 0.1) is 6.54 Å². The summed E-state index contributed by atoms with van der Waals surface area (Å²) in [5.74, 6) is -0.121. The first-order valence-electron chi connectivity index (χ1n) is 3.64. The molecule has 74 valence electrons. The van der Waals surface area contributed by atoms with Crippen molar-refractivity contribution in [3.05, 3.63) is 18.2 Å². The summed E-state index contributed by atoms with van der Waals surface area (Å²) < 4.78 is 0. The molecule has 0 bridgehead atoms. The van der Waals surface area contributed by atoms with Gasteiger partial charge in [-0.2, -0.15) is 0 Å². The quantitative estimate of drug-likeness (QED) is 0.665. The molecule has 0 aromatic carbocycles. The molecular weight excluding hydrogens is 194 g/mol. The molecule has 1 aromatic heterocycles. The Hall–Kier alpha value is -1.07. The molecule has 0 aliphatic carbocycles. The van der Waals surface area contributed by atoms with Crippen LogP contribution in [0.15, 0.2) is 12.4 Å². The molecule has 0 saturated carbocycles. The molecule has 1 aromatic rings. The first kappa shape index (κ1) is 11.9. The predicted octanol–water partition coefficient (Wildman–Crippen LogP) is 0.394. The molecule has 1 rings (SSSR count). The first-order chi connectivity index (χ1) is 5.70. The van der Waals surface area contributed by atoms with Crippen LogP contribution in [-0.4, -0.2) is 27.1 Å². The van der Waals surface area contributed by atoms with Crippen LogP contribution in [-0.2, 0) is 11.3 Å². The SMILES string of the molecule is CC(NCc1ncc[nH]1)C(=O)O.Cl. The summed E-state index contributed by atoms with van der Waals surface area (Å²) in [5, 5.41) is 11.3. The van der Waals surface area contributed by atoms with Crippen molar-refractivity contribution in [1.29, 1.82) is 0 Å². The number of carboxylic acids is 1. The molecule has 0 spiro atoms. The van der Waals surface area contributed by atoms with Gasteiger partial charge in [0, 0.05) is 12.4 Å². The standard InChI is InChI=1S/C7H11N3O2.ClH/c1-5(7(11)12)10-4-6-8-2-3-9-6;/h2-3,5,10H,4H2,1H3,(H,8,9)(H,11,12);1H. The second kappa shape index (κ2) is 5.55. The van der Waals surface area contributed by atoms with Gasteiger partial charge in [0.2, 0.25) is 0 Å². The molecule has 6 heteroatoms. The predicted molar refractivity (Wildman–Crippen MR) is 49.8 cm³/mol. The third kappa shape index (κ3) is 3.91. The molecule has 1 atom stereocenters. The van der Waals surface area contributed by atoms with Crippen LogP contribution in [0.2, 0.25) is 0 Å². The maximum atomic E-state index is 10.4. The highest BCUT2D eigenvalue weighted by Crippen LogP contribution is 1.89. The summed E-state index contributed by atoms with van der Waals surface area (Å²) in [5.41, 5.74) is 0. The van der Waals surface area contributed by atoms with Gasteiger partial charge in [-0.1, -0.05) is 0 Å². The van der Waals surface area contributed by atoms with Crippen molar-refractivity contribution in [3.63, 3.8) is 0 Å². The Morgan fingerprint density at radius 3 is 3.00 bits per heavy atom. The van der Waals surface area contributed by atoms with E-state index in [2.05, 4.69) is 15.3 Å². The van der Waals surface area contributed by atoms with Gasteiger partial charge >= 0.3 is 5.97 Å². The Balaban J connectivity index is 0.00000144. The van der Waals surface area contributed by atoms with Crippen molar-refractivity contribution in [2.75, 3.05) is 0 Å². The molecule has 0 radical (unpaired) electrons. The van der Waals surface area contributed by atoms with E-state index in [0.717, 1.165) is 5.82 Å². The molecule has 0 amide bonds. The average molecular weight is 206 g/mol. The Kier molecular flexibility index (Phi) is 5.10.